The van der Waals surface area contributed by atoms with E-state index in [0.29, 0.717) is 101 Å². The van der Waals surface area contributed by atoms with Crippen LogP contribution in [0.25, 0.3) is 10.9 Å². The number of ether oxygens (including phenoxy) is 9. The van der Waals surface area contributed by atoms with Crippen molar-refractivity contribution in [1.82, 2.24) is 13.8 Å². The van der Waals surface area contributed by atoms with Gasteiger partial charge in [0.2, 0.25) is 15.5 Å². The van der Waals surface area contributed by atoms with E-state index in [1.807, 2.05) is 128 Å². The highest BCUT2D eigenvalue weighted by atomic mass is 32.2. The molecule has 1 aromatic heterocycles. The average molecular weight is 1340 g/mol. The Hall–Kier alpha value is -8.64. The maximum atomic E-state index is 14.3. The zero-order chi connectivity index (χ0) is 68.6. The molecule has 2 aliphatic rings. The standard InChI is InChI=1S/C74H89N5O16S/c1-72(2,3)61-45-65(66(93-50-53-20-14-11-15-21-53)46-62(61)75-69(82)60-48-76(47-52-18-12-10-13-19-52)63-23-17-16-22-58(63)68(60)81)92-43-41-90-39-37-88-35-34-87-36-38-89-40-42-91-56-26-24-54(25-27-56)55-30-32-78(33-31-55)96(85,86)57-28-29-59-64(44-57)79(71(84)95-74(7,8)9)51-77(70(59)83)49-67(80)94-73(4,5)6/h10-29,44-46,48,55H,30-43,47,49-51H2,1-9H3,(H,75,82). The van der Waals surface area contributed by atoms with Crippen LogP contribution < -0.4 is 29.9 Å². The van der Waals surface area contributed by atoms with Gasteiger partial charge in [0.1, 0.15) is 55.5 Å². The number of hydrogen-bond donors (Lipinski definition) is 1. The Kier molecular flexibility index (Phi) is 24.2. The van der Waals surface area contributed by atoms with Crippen molar-refractivity contribution in [3.8, 4) is 17.2 Å². The smallest absolute Gasteiger partial charge is 0.416 e. The second-order valence-corrected chi connectivity index (χ2v) is 28.5. The summed E-state index contributed by atoms with van der Waals surface area (Å²) in [6.07, 6.45) is 2.00. The summed E-state index contributed by atoms with van der Waals surface area (Å²) < 4.78 is 84.3. The molecule has 3 amide bonds. The van der Waals surface area contributed by atoms with Gasteiger partial charge in [0.15, 0.2) is 11.5 Å². The number of nitrogens with one attached hydrogen (secondary N) is 1. The van der Waals surface area contributed by atoms with Crippen LogP contribution in [0.5, 0.6) is 17.2 Å². The first-order chi connectivity index (χ1) is 45.8. The number of carbonyl (C=O) groups is 4. The third kappa shape index (κ3) is 19.8. The minimum Gasteiger partial charge on any atom is -0.491 e. The summed E-state index contributed by atoms with van der Waals surface area (Å²) in [5.74, 6) is -0.0455. The maximum Gasteiger partial charge on any atom is 0.416 e. The average Bonchev–Trinajstić information content (AvgIpc) is 0.765. The van der Waals surface area contributed by atoms with Crippen LogP contribution in [0.2, 0.25) is 0 Å². The van der Waals surface area contributed by atoms with Crippen molar-refractivity contribution in [2.24, 2.45) is 0 Å². The van der Waals surface area contributed by atoms with E-state index in [2.05, 4.69) is 5.32 Å². The SMILES string of the molecule is CC(C)(C)OC(=O)CN1CN(C(=O)OC(C)(C)C)c2cc(S(=O)(=O)N3CCC(c4ccc(OCCOCCOCCOCCOCCOc5cc(C(C)(C)C)c(NC(=O)c6cn(Cc7ccccc7)c7ccccc7c6=O)cc5OCc5ccccc5)cc4)CC3)ccc2C1=O. The molecule has 1 saturated heterocycles. The molecule has 1 fully saturated rings. The Bertz CT molecular complexity index is 3970. The van der Waals surface area contributed by atoms with Crippen LogP contribution >= 0.6 is 0 Å². The number of pyridine rings is 1. The van der Waals surface area contributed by atoms with Crippen molar-refractivity contribution in [3.05, 3.63) is 189 Å². The van der Waals surface area contributed by atoms with Crippen molar-refractivity contribution >= 4 is 56.2 Å². The van der Waals surface area contributed by atoms with Crippen LogP contribution in [0.1, 0.15) is 124 Å². The van der Waals surface area contributed by atoms with Gasteiger partial charge < -0.3 is 57.4 Å². The summed E-state index contributed by atoms with van der Waals surface area (Å²) in [4.78, 5) is 70.5. The van der Waals surface area contributed by atoms with Crippen LogP contribution in [-0.4, -0.2) is 150 Å². The molecule has 3 heterocycles. The third-order valence-electron chi connectivity index (χ3n) is 15.8. The summed E-state index contributed by atoms with van der Waals surface area (Å²) >= 11 is 0. The fourth-order valence-corrected chi connectivity index (χ4v) is 12.6. The summed E-state index contributed by atoms with van der Waals surface area (Å²) in [5.41, 5.74) is 2.70. The summed E-state index contributed by atoms with van der Waals surface area (Å²) in [6.45, 7) is 20.2. The van der Waals surface area contributed by atoms with Gasteiger partial charge in [-0.3, -0.25) is 24.1 Å². The highest BCUT2D eigenvalue weighted by Crippen LogP contribution is 2.41. The molecule has 0 unspecified atom stereocenters. The summed E-state index contributed by atoms with van der Waals surface area (Å²) in [6, 6.07) is 42.5. The molecule has 21 nitrogen and oxygen atoms in total. The number of aromatic nitrogens is 1. The minimum absolute atomic E-state index is 0.0206. The van der Waals surface area contributed by atoms with E-state index in [-0.39, 0.29) is 72.6 Å². The normalized spacial score (nSPS) is 14.1. The topological polar surface area (TPSA) is 229 Å². The van der Waals surface area contributed by atoms with Crippen molar-refractivity contribution in [2.45, 2.75) is 116 Å². The fraction of sp³-hybridized carbons (Fsp3) is 0.419. The number of nitrogens with zero attached hydrogens (tertiary/aromatic N) is 4. The van der Waals surface area contributed by atoms with E-state index in [1.165, 1.54) is 32.3 Å². The van der Waals surface area contributed by atoms with Gasteiger partial charge in [-0.05, 0) is 137 Å². The van der Waals surface area contributed by atoms with Gasteiger partial charge in [-0.1, -0.05) is 106 Å². The van der Waals surface area contributed by atoms with E-state index in [0.717, 1.165) is 27.8 Å². The van der Waals surface area contributed by atoms with E-state index in [4.69, 9.17) is 42.6 Å². The van der Waals surface area contributed by atoms with E-state index in [9.17, 15) is 32.4 Å². The molecule has 0 spiro atoms. The molecule has 0 bridgehead atoms. The first-order valence-electron chi connectivity index (χ1n) is 32.5. The quantitative estimate of drug-likeness (QED) is 0.0339. The van der Waals surface area contributed by atoms with Gasteiger partial charge in [-0.15, -0.1) is 0 Å². The van der Waals surface area contributed by atoms with E-state index < -0.39 is 57.1 Å². The van der Waals surface area contributed by atoms with Crippen LogP contribution in [0.4, 0.5) is 16.2 Å². The second-order valence-electron chi connectivity index (χ2n) is 26.5. The second kappa shape index (κ2) is 32.4. The number of sulfonamides is 1. The molecule has 7 aromatic rings. The lowest BCUT2D eigenvalue weighted by Gasteiger charge is -2.37. The van der Waals surface area contributed by atoms with Crippen molar-refractivity contribution < 1.29 is 70.2 Å². The maximum absolute atomic E-state index is 14.3. The lowest BCUT2D eigenvalue weighted by atomic mass is 9.85. The van der Waals surface area contributed by atoms with Gasteiger partial charge in [0, 0.05) is 43.0 Å². The predicted octanol–water partition coefficient (Wildman–Crippen LogP) is 11.8. The molecular weight excluding hydrogens is 1250 g/mol. The van der Waals surface area contributed by atoms with Crippen LogP contribution in [0.15, 0.2) is 155 Å². The molecule has 0 saturated carbocycles. The molecule has 2 aliphatic heterocycles. The molecule has 1 N–H and O–H groups in total. The number of fused-ring (bicyclic) bond motifs is 2. The van der Waals surface area contributed by atoms with E-state index >= 15 is 0 Å². The number of rotatable bonds is 29. The molecule has 96 heavy (non-hydrogen) atoms. The Morgan fingerprint density at radius 1 is 0.594 bits per heavy atom. The Morgan fingerprint density at radius 2 is 1.16 bits per heavy atom. The van der Waals surface area contributed by atoms with Gasteiger partial charge >= 0.3 is 12.1 Å². The van der Waals surface area contributed by atoms with Crippen molar-refractivity contribution in [1.29, 1.82) is 0 Å². The molecule has 22 heteroatoms. The van der Waals surface area contributed by atoms with E-state index in [1.54, 1.807) is 65.9 Å². The Morgan fingerprint density at radius 3 is 1.76 bits per heavy atom. The number of hydrogen-bond acceptors (Lipinski definition) is 16. The van der Waals surface area contributed by atoms with Gasteiger partial charge in [0.25, 0.3) is 11.8 Å². The number of para-hydroxylation sites is 1. The minimum atomic E-state index is -4.03. The zero-order valence-corrected chi connectivity index (χ0v) is 57.2. The highest BCUT2D eigenvalue weighted by molar-refractivity contribution is 7.89. The zero-order valence-electron chi connectivity index (χ0n) is 56.4. The number of amides is 3. The molecule has 9 rings (SSSR count). The van der Waals surface area contributed by atoms with Gasteiger partial charge in [0.05, 0.1) is 74.5 Å². The third-order valence-corrected chi connectivity index (χ3v) is 17.7. The van der Waals surface area contributed by atoms with Crippen molar-refractivity contribution in [2.75, 3.05) is 103 Å². The summed E-state index contributed by atoms with van der Waals surface area (Å²) in [5, 5.41) is 3.53. The number of anilines is 2. The summed E-state index contributed by atoms with van der Waals surface area (Å²) in [7, 11) is -4.03. The lowest BCUT2D eigenvalue weighted by molar-refractivity contribution is -0.155. The Balaban J connectivity index is 0.664. The number of benzene rings is 6. The van der Waals surface area contributed by atoms with Crippen LogP contribution in [0, 0.1) is 0 Å². The molecule has 6 aromatic carbocycles. The fourth-order valence-electron chi connectivity index (χ4n) is 11.1. The van der Waals surface area contributed by atoms with Gasteiger partial charge in [-0.25, -0.2) is 13.2 Å². The van der Waals surface area contributed by atoms with Crippen LogP contribution in [-0.2, 0) is 61.8 Å². The predicted molar refractivity (Wildman–Crippen MR) is 366 cm³/mol. The van der Waals surface area contributed by atoms with Gasteiger partial charge in [-0.2, -0.15) is 4.31 Å². The molecular formula is C74H89N5O16S. The van der Waals surface area contributed by atoms with Crippen LogP contribution in [0.3, 0.4) is 0 Å². The van der Waals surface area contributed by atoms with Crippen molar-refractivity contribution in [3.63, 3.8) is 0 Å². The largest absolute Gasteiger partial charge is 0.491 e. The molecule has 0 aliphatic carbocycles. The highest BCUT2D eigenvalue weighted by Gasteiger charge is 2.39. The molecule has 512 valence electrons. The number of esters is 1. The first kappa shape index (κ1) is 71.6. The lowest BCUT2D eigenvalue weighted by Crippen LogP contribution is -2.52. The first-order valence-corrected chi connectivity index (χ1v) is 33.9. The molecule has 0 atom stereocenters. The monoisotopic (exact) mass is 1340 g/mol. The molecule has 0 radical (unpaired) electrons. The number of carbonyl (C=O) groups excluding carboxylic acids is 4. The number of piperidine rings is 1. The Labute approximate surface area is 562 Å².